The van der Waals surface area contributed by atoms with Crippen LogP contribution in [0.1, 0.15) is 93.1 Å². The van der Waals surface area contributed by atoms with E-state index in [-0.39, 0.29) is 36.7 Å². The van der Waals surface area contributed by atoms with Crippen LogP contribution < -0.4 is 15.2 Å². The minimum absolute atomic E-state index is 0.00327. The Morgan fingerprint density at radius 1 is 0.786 bits per heavy atom. The van der Waals surface area contributed by atoms with Crippen molar-refractivity contribution >= 4 is 24.4 Å². The molecule has 0 spiro atoms. The smallest absolute Gasteiger partial charge is 0.461 e. The van der Waals surface area contributed by atoms with Gasteiger partial charge in [-0.1, -0.05) is 39.7 Å². The highest BCUT2D eigenvalue weighted by Gasteiger charge is 2.25. The number of esters is 1. The van der Waals surface area contributed by atoms with Crippen LogP contribution >= 0.6 is 0 Å². The van der Waals surface area contributed by atoms with Crippen LogP contribution in [-0.2, 0) is 34.9 Å². The van der Waals surface area contributed by atoms with Gasteiger partial charge in [-0.2, -0.15) is 0 Å². The van der Waals surface area contributed by atoms with Crippen molar-refractivity contribution in [2.45, 2.75) is 124 Å². The van der Waals surface area contributed by atoms with E-state index in [1.54, 1.807) is 40.7 Å². The largest absolute Gasteiger partial charge is 0.514 e. The number of nitrogens with two attached hydrogens (primary N) is 1. The molecular formula is C30H47NO11. The van der Waals surface area contributed by atoms with Gasteiger partial charge in [0.25, 0.3) is 0 Å². The zero-order valence-electron chi connectivity index (χ0n) is 26.1. The van der Waals surface area contributed by atoms with Gasteiger partial charge in [-0.15, -0.1) is 0 Å². The lowest BCUT2D eigenvalue weighted by atomic mass is 10.1. The van der Waals surface area contributed by atoms with E-state index in [9.17, 15) is 19.2 Å². The normalized spacial score (nSPS) is 14.0. The molecule has 0 aromatic heterocycles. The topological polar surface area (TPSA) is 159 Å². The van der Waals surface area contributed by atoms with Crippen LogP contribution in [0.15, 0.2) is 18.2 Å². The first-order valence-corrected chi connectivity index (χ1v) is 14.4. The Bertz CT molecular complexity index is 1030. The molecule has 0 bridgehead atoms. The number of hydrogen-bond donors (Lipinski definition) is 1. The van der Waals surface area contributed by atoms with Gasteiger partial charge in [0.05, 0.1) is 0 Å². The van der Waals surface area contributed by atoms with Crippen LogP contribution in [0, 0.1) is 0 Å². The summed E-state index contributed by atoms with van der Waals surface area (Å²) in [5.41, 5.74) is 5.85. The first-order chi connectivity index (χ1) is 19.7. The predicted octanol–water partition coefficient (Wildman–Crippen LogP) is 6.24. The van der Waals surface area contributed by atoms with E-state index in [4.69, 9.17) is 38.9 Å². The quantitative estimate of drug-likeness (QED) is 0.130. The Morgan fingerprint density at radius 2 is 1.31 bits per heavy atom. The number of ether oxygens (including phenoxy) is 7. The maximum atomic E-state index is 12.5. The van der Waals surface area contributed by atoms with Crippen molar-refractivity contribution in [1.29, 1.82) is 0 Å². The third kappa shape index (κ3) is 14.4. The maximum Gasteiger partial charge on any atom is 0.514 e. The molecule has 0 saturated carbocycles. The molecule has 238 valence electrons. The maximum absolute atomic E-state index is 12.5. The van der Waals surface area contributed by atoms with E-state index in [2.05, 4.69) is 0 Å². The molecule has 0 amide bonds. The Morgan fingerprint density at radius 3 is 1.83 bits per heavy atom. The van der Waals surface area contributed by atoms with Crippen molar-refractivity contribution in [3.63, 3.8) is 0 Å². The number of carbonyl (C=O) groups is 4. The van der Waals surface area contributed by atoms with Gasteiger partial charge in [0.1, 0.15) is 36.6 Å². The highest BCUT2D eigenvalue weighted by atomic mass is 16.8. The SMILES string of the molecule is CCCC(C)OC(=O)Oc1ccc(C[C@H](N)C(=O)OC[C@H](C)OC(=O)OC(C)(C)CC)cc1OC(=O)OC(C)CCC. The van der Waals surface area contributed by atoms with E-state index in [1.165, 1.54) is 12.1 Å². The molecule has 42 heavy (non-hydrogen) atoms. The van der Waals surface area contributed by atoms with Crippen molar-refractivity contribution in [1.82, 2.24) is 0 Å². The first kappa shape index (κ1) is 36.5. The molecule has 1 aromatic rings. The monoisotopic (exact) mass is 597 g/mol. The van der Waals surface area contributed by atoms with Crippen molar-refractivity contribution in [2.24, 2.45) is 5.73 Å². The Balaban J connectivity index is 2.89. The first-order valence-electron chi connectivity index (χ1n) is 14.4. The van der Waals surface area contributed by atoms with Crippen LogP contribution in [0.2, 0.25) is 0 Å². The van der Waals surface area contributed by atoms with Crippen molar-refractivity contribution < 1.29 is 52.3 Å². The fourth-order valence-electron chi connectivity index (χ4n) is 3.49. The molecule has 0 fully saturated rings. The molecule has 4 atom stereocenters. The summed E-state index contributed by atoms with van der Waals surface area (Å²) in [7, 11) is 0. The minimum atomic E-state index is -1.10. The lowest BCUT2D eigenvalue weighted by molar-refractivity contribution is -0.148. The van der Waals surface area contributed by atoms with Gasteiger partial charge >= 0.3 is 24.4 Å². The van der Waals surface area contributed by atoms with Gasteiger partial charge in [-0.3, -0.25) is 4.79 Å². The fourth-order valence-corrected chi connectivity index (χ4v) is 3.49. The Kier molecular flexibility index (Phi) is 15.7. The van der Waals surface area contributed by atoms with Gasteiger partial charge < -0.3 is 38.9 Å². The molecule has 0 radical (unpaired) electrons. The molecule has 0 saturated heterocycles. The van der Waals surface area contributed by atoms with Crippen LogP contribution in [-0.4, -0.2) is 61.0 Å². The minimum Gasteiger partial charge on any atom is -0.461 e. The molecule has 2 N–H and O–H groups in total. The van der Waals surface area contributed by atoms with E-state index < -0.39 is 42.2 Å². The molecular weight excluding hydrogens is 550 g/mol. The Labute approximate surface area is 248 Å². The van der Waals surface area contributed by atoms with Crippen molar-refractivity contribution in [2.75, 3.05) is 6.61 Å². The number of rotatable bonds is 16. The second-order valence-corrected chi connectivity index (χ2v) is 10.8. The van der Waals surface area contributed by atoms with Gasteiger partial charge in [0.2, 0.25) is 0 Å². The average molecular weight is 598 g/mol. The van der Waals surface area contributed by atoms with Crippen molar-refractivity contribution in [3.05, 3.63) is 23.8 Å². The van der Waals surface area contributed by atoms with Crippen LogP contribution in [0.5, 0.6) is 11.5 Å². The van der Waals surface area contributed by atoms with E-state index in [1.807, 2.05) is 20.8 Å². The van der Waals surface area contributed by atoms with Gasteiger partial charge in [0, 0.05) is 0 Å². The molecule has 2 unspecified atom stereocenters. The van der Waals surface area contributed by atoms with Crippen LogP contribution in [0.3, 0.4) is 0 Å². The van der Waals surface area contributed by atoms with Gasteiger partial charge in [-0.25, -0.2) is 14.4 Å². The average Bonchev–Trinajstić information content (AvgIpc) is 2.88. The molecule has 12 heteroatoms. The molecule has 1 rings (SSSR count). The predicted molar refractivity (Wildman–Crippen MR) is 153 cm³/mol. The summed E-state index contributed by atoms with van der Waals surface area (Å²) in [6.45, 7) is 14.1. The molecule has 0 aliphatic carbocycles. The summed E-state index contributed by atoms with van der Waals surface area (Å²) in [6.07, 6.45) is -0.811. The summed E-state index contributed by atoms with van der Waals surface area (Å²) in [6, 6.07) is 3.27. The number of benzene rings is 1. The van der Waals surface area contributed by atoms with Crippen LogP contribution in [0.4, 0.5) is 14.4 Å². The summed E-state index contributed by atoms with van der Waals surface area (Å²) in [5, 5.41) is 0. The lowest BCUT2D eigenvalue weighted by Crippen LogP contribution is -2.36. The lowest BCUT2D eigenvalue weighted by Gasteiger charge is -2.24. The second kappa shape index (κ2) is 18.1. The molecule has 0 aliphatic rings. The molecule has 0 aliphatic heterocycles. The standard InChI is InChI=1S/C30H47NO11/c1-9-12-19(4)37-27(33)40-24-15-14-22(17-25(24)41-28(34)38-20(5)13-10-2)16-23(31)26(32)36-18-21(6)39-29(35)42-30(7,8)11-3/h14-15,17,19-21,23H,9-13,16,18,31H2,1-8H3/t19?,20?,21-,23-/m0/s1. The summed E-state index contributed by atoms with van der Waals surface area (Å²) >= 11 is 0. The third-order valence-corrected chi connectivity index (χ3v) is 6.11. The summed E-state index contributed by atoms with van der Waals surface area (Å²) in [5.74, 6) is -0.929. The van der Waals surface area contributed by atoms with E-state index >= 15 is 0 Å². The molecule has 1 aromatic carbocycles. The van der Waals surface area contributed by atoms with E-state index in [0.717, 1.165) is 12.8 Å². The van der Waals surface area contributed by atoms with Crippen molar-refractivity contribution in [3.8, 4) is 11.5 Å². The summed E-state index contributed by atoms with van der Waals surface area (Å²) in [4.78, 5) is 49.1. The Hall–Kier alpha value is -3.54. The third-order valence-electron chi connectivity index (χ3n) is 6.11. The van der Waals surface area contributed by atoms with Gasteiger partial charge in [-0.05, 0) is 78.0 Å². The zero-order chi connectivity index (χ0) is 31.9. The molecule has 12 nitrogen and oxygen atoms in total. The van der Waals surface area contributed by atoms with Gasteiger partial charge in [0.15, 0.2) is 11.5 Å². The second-order valence-electron chi connectivity index (χ2n) is 10.8. The summed E-state index contributed by atoms with van der Waals surface area (Å²) < 4.78 is 36.6. The highest BCUT2D eigenvalue weighted by molar-refractivity contribution is 5.76. The number of hydrogen-bond acceptors (Lipinski definition) is 12. The molecule has 0 heterocycles. The highest BCUT2D eigenvalue weighted by Crippen LogP contribution is 2.30. The zero-order valence-corrected chi connectivity index (χ0v) is 26.1. The number of carbonyl (C=O) groups excluding carboxylic acids is 4. The fraction of sp³-hybridized carbons (Fsp3) is 0.667. The van der Waals surface area contributed by atoms with E-state index in [0.29, 0.717) is 24.8 Å². The van der Waals surface area contributed by atoms with Crippen LogP contribution in [0.25, 0.3) is 0 Å².